The molecule has 0 aromatic carbocycles. The zero-order valence-corrected chi connectivity index (χ0v) is 11.3. The van der Waals surface area contributed by atoms with Gasteiger partial charge in [0.2, 0.25) is 0 Å². The van der Waals surface area contributed by atoms with Crippen molar-refractivity contribution in [3.8, 4) is 0 Å². The molecule has 1 aliphatic rings. The second kappa shape index (κ2) is 6.12. The van der Waals surface area contributed by atoms with Crippen molar-refractivity contribution in [1.29, 1.82) is 0 Å². The second-order valence-electron chi connectivity index (χ2n) is 4.58. The Morgan fingerprint density at radius 3 is 2.90 bits per heavy atom. The lowest BCUT2D eigenvalue weighted by atomic mass is 10.0. The summed E-state index contributed by atoms with van der Waals surface area (Å²) >= 11 is 0. The van der Waals surface area contributed by atoms with Crippen molar-refractivity contribution in [2.75, 3.05) is 7.05 Å². The number of hydrogen-bond donors (Lipinski definition) is 2. The molecule has 1 amide bonds. The Morgan fingerprint density at radius 1 is 1.45 bits per heavy atom. The van der Waals surface area contributed by atoms with E-state index in [4.69, 9.17) is 5.73 Å². The molecule has 0 aliphatic heterocycles. The summed E-state index contributed by atoms with van der Waals surface area (Å²) in [6, 6.07) is 1.75. The van der Waals surface area contributed by atoms with Crippen LogP contribution in [0.4, 0.5) is 0 Å². The maximum Gasteiger partial charge on any atom is 0.259 e. The van der Waals surface area contributed by atoms with Crippen LogP contribution in [0, 0.1) is 0 Å². The summed E-state index contributed by atoms with van der Waals surface area (Å²) in [5.41, 5.74) is 8.01. The van der Waals surface area contributed by atoms with Gasteiger partial charge in [0.25, 0.3) is 5.91 Å². The summed E-state index contributed by atoms with van der Waals surface area (Å²) in [6.07, 6.45) is 4.82. The van der Waals surface area contributed by atoms with E-state index < -0.39 is 0 Å². The highest BCUT2D eigenvalue weighted by molar-refractivity contribution is 6.05. The highest BCUT2D eigenvalue weighted by Crippen LogP contribution is 2.26. The highest BCUT2D eigenvalue weighted by atomic mass is 16.1. The number of aromatic nitrogens is 1. The molecular weight excluding hydrogens is 256 g/mol. The number of aryl methyl sites for hydroxylation is 1. The number of rotatable bonds is 1. The summed E-state index contributed by atoms with van der Waals surface area (Å²) in [7, 11) is 1.49. The normalized spacial score (nSPS) is 15.1. The van der Waals surface area contributed by atoms with Crippen molar-refractivity contribution in [3.05, 3.63) is 29.1 Å². The lowest BCUT2D eigenvalue weighted by Gasteiger charge is -2.08. The number of nitrogens with zero attached hydrogens (tertiary/aromatic N) is 2. The predicted octanol–water partition coefficient (Wildman–Crippen LogP) is 0.697. The first-order chi connectivity index (χ1) is 9.65. The van der Waals surface area contributed by atoms with Gasteiger partial charge in [-0.1, -0.05) is 0 Å². The standard InChI is InChI=1S/C14H16N4O2/c1-16-14(15)18-13(20)11-6-9-4-2-3-5-10(8-19)12(9)17-7-11/h6-7H,2-5H2,1H3,(H3,15,16,18,20). The number of carbonyl (C=O) groups is 1. The fourth-order valence-electron chi connectivity index (χ4n) is 2.18. The zero-order valence-electron chi connectivity index (χ0n) is 11.3. The molecule has 1 aliphatic carbocycles. The number of aliphatic imine (C=N–C) groups is 1. The molecule has 20 heavy (non-hydrogen) atoms. The largest absolute Gasteiger partial charge is 0.370 e. The molecule has 6 heteroatoms. The maximum absolute atomic E-state index is 11.9. The van der Waals surface area contributed by atoms with Gasteiger partial charge >= 0.3 is 0 Å². The number of nitrogens with two attached hydrogens (primary N) is 1. The van der Waals surface area contributed by atoms with Gasteiger partial charge in [0.05, 0.1) is 16.8 Å². The molecule has 1 aromatic heterocycles. The van der Waals surface area contributed by atoms with Gasteiger partial charge in [-0.15, -0.1) is 0 Å². The van der Waals surface area contributed by atoms with E-state index in [-0.39, 0.29) is 11.9 Å². The number of hydrogen-bond acceptors (Lipinski definition) is 4. The van der Waals surface area contributed by atoms with Crippen LogP contribution in [0.25, 0.3) is 5.57 Å². The van der Waals surface area contributed by atoms with Crippen molar-refractivity contribution in [1.82, 2.24) is 10.3 Å². The molecule has 0 bridgehead atoms. The maximum atomic E-state index is 11.9. The first-order valence-electron chi connectivity index (χ1n) is 6.42. The van der Waals surface area contributed by atoms with Crippen LogP contribution >= 0.6 is 0 Å². The number of fused-ring (bicyclic) bond motifs is 1. The third-order valence-corrected chi connectivity index (χ3v) is 3.24. The lowest BCUT2D eigenvalue weighted by molar-refractivity contribution is 0.0976. The van der Waals surface area contributed by atoms with Gasteiger partial charge in [-0.25, -0.2) is 4.79 Å². The average Bonchev–Trinajstić information content (AvgIpc) is 2.67. The van der Waals surface area contributed by atoms with E-state index in [0.29, 0.717) is 23.3 Å². The van der Waals surface area contributed by atoms with Crippen LogP contribution in [0.5, 0.6) is 0 Å². The Bertz CT molecular complexity index is 616. The topological polar surface area (TPSA) is 97.4 Å². The quantitative estimate of drug-likeness (QED) is 0.340. The number of amides is 1. The fraction of sp³-hybridized carbons (Fsp3) is 0.357. The van der Waals surface area contributed by atoms with Crippen molar-refractivity contribution in [2.45, 2.75) is 25.7 Å². The molecule has 6 nitrogen and oxygen atoms in total. The SMILES string of the molecule is CN=C(N)NC(=O)c1cnc2c(c1)CCCCC2=C=O. The molecule has 0 saturated heterocycles. The van der Waals surface area contributed by atoms with Gasteiger partial charge in [-0.2, -0.15) is 0 Å². The summed E-state index contributed by atoms with van der Waals surface area (Å²) < 4.78 is 0. The van der Waals surface area contributed by atoms with E-state index in [1.807, 2.05) is 5.94 Å². The molecule has 3 N–H and O–H groups in total. The van der Waals surface area contributed by atoms with Crippen LogP contribution in [-0.4, -0.2) is 29.8 Å². The van der Waals surface area contributed by atoms with Gasteiger partial charge in [-0.3, -0.25) is 20.1 Å². The average molecular weight is 272 g/mol. The van der Waals surface area contributed by atoms with Crippen LogP contribution in [0.2, 0.25) is 0 Å². The molecule has 0 unspecified atom stereocenters. The van der Waals surface area contributed by atoms with Gasteiger partial charge in [0, 0.05) is 13.2 Å². The van der Waals surface area contributed by atoms with Crippen LogP contribution in [0.3, 0.4) is 0 Å². The lowest BCUT2D eigenvalue weighted by Crippen LogP contribution is -2.36. The summed E-state index contributed by atoms with van der Waals surface area (Å²) in [5, 5.41) is 2.46. The van der Waals surface area contributed by atoms with Gasteiger partial charge in [-0.05, 0) is 37.3 Å². The molecule has 104 valence electrons. The molecule has 1 aromatic rings. The molecular formula is C14H16N4O2. The Kier molecular flexibility index (Phi) is 4.27. The molecule has 0 saturated carbocycles. The minimum absolute atomic E-state index is 0.0541. The van der Waals surface area contributed by atoms with E-state index in [2.05, 4.69) is 15.3 Å². The summed E-state index contributed by atoms with van der Waals surface area (Å²) in [6.45, 7) is 0. The highest BCUT2D eigenvalue weighted by Gasteiger charge is 2.17. The minimum Gasteiger partial charge on any atom is -0.370 e. The van der Waals surface area contributed by atoms with Crippen LogP contribution in [0.15, 0.2) is 17.3 Å². The van der Waals surface area contributed by atoms with Crippen molar-refractivity contribution < 1.29 is 9.59 Å². The summed E-state index contributed by atoms with van der Waals surface area (Å²) in [5.74, 6) is 1.65. The molecule has 2 rings (SSSR count). The third-order valence-electron chi connectivity index (χ3n) is 3.24. The molecule has 1 heterocycles. The number of guanidine groups is 1. The van der Waals surface area contributed by atoms with E-state index >= 15 is 0 Å². The Hall–Kier alpha value is -2.46. The van der Waals surface area contributed by atoms with Crippen molar-refractivity contribution in [3.63, 3.8) is 0 Å². The molecule has 0 spiro atoms. The third kappa shape index (κ3) is 2.92. The Balaban J connectivity index is 2.34. The monoisotopic (exact) mass is 272 g/mol. The van der Waals surface area contributed by atoms with E-state index in [1.165, 1.54) is 13.2 Å². The van der Waals surface area contributed by atoms with E-state index in [1.54, 1.807) is 6.07 Å². The van der Waals surface area contributed by atoms with Gasteiger partial charge in [0.15, 0.2) is 5.96 Å². The van der Waals surface area contributed by atoms with Crippen LogP contribution < -0.4 is 11.1 Å². The first-order valence-corrected chi connectivity index (χ1v) is 6.42. The van der Waals surface area contributed by atoms with Crippen LogP contribution in [0.1, 0.15) is 40.9 Å². The number of nitrogens with one attached hydrogen (secondary N) is 1. The smallest absolute Gasteiger partial charge is 0.259 e. The molecule has 0 atom stereocenters. The van der Waals surface area contributed by atoms with Crippen molar-refractivity contribution >= 4 is 23.4 Å². The Morgan fingerprint density at radius 2 is 2.20 bits per heavy atom. The van der Waals surface area contributed by atoms with Gasteiger partial charge in [0.1, 0.15) is 5.94 Å². The van der Waals surface area contributed by atoms with Crippen molar-refractivity contribution in [2.24, 2.45) is 10.7 Å². The minimum atomic E-state index is -0.357. The number of carbonyl (C=O) groups excluding carboxylic acids is 2. The molecule has 0 radical (unpaired) electrons. The number of pyridine rings is 1. The molecule has 0 fully saturated rings. The summed E-state index contributed by atoms with van der Waals surface area (Å²) in [4.78, 5) is 30.8. The first kappa shape index (κ1) is 14.0. The zero-order chi connectivity index (χ0) is 14.5. The van der Waals surface area contributed by atoms with Crippen LogP contribution in [-0.2, 0) is 11.2 Å². The van der Waals surface area contributed by atoms with E-state index in [9.17, 15) is 9.59 Å². The number of allylic oxidation sites excluding steroid dienone is 1. The van der Waals surface area contributed by atoms with E-state index in [0.717, 1.165) is 24.8 Å². The Labute approximate surface area is 116 Å². The van der Waals surface area contributed by atoms with Gasteiger partial charge < -0.3 is 5.73 Å². The second-order valence-corrected chi connectivity index (χ2v) is 4.58. The predicted molar refractivity (Wildman–Crippen MR) is 75.9 cm³/mol. The fourth-order valence-corrected chi connectivity index (χ4v) is 2.18.